The van der Waals surface area contributed by atoms with Gasteiger partial charge < -0.3 is 33.2 Å². The van der Waals surface area contributed by atoms with Gasteiger partial charge in [-0.1, -0.05) is 185 Å². The van der Waals surface area contributed by atoms with Crippen molar-refractivity contribution >= 4 is 39.2 Å². The molecule has 0 aliphatic rings. The van der Waals surface area contributed by atoms with Crippen molar-refractivity contribution in [1.82, 2.24) is 0 Å². The normalized spacial score (nSPS) is 15.7. The van der Waals surface area contributed by atoms with Crippen LogP contribution >= 0.6 is 33.2 Å². The van der Waals surface area contributed by atoms with Gasteiger partial charge >= 0.3 is 6.00 Å². The summed E-state index contributed by atoms with van der Waals surface area (Å²) in [5.74, 6) is 6.42. The molecule has 0 fully saturated rings. The summed E-state index contributed by atoms with van der Waals surface area (Å²) in [5.41, 5.74) is 0. The second-order valence-electron chi connectivity index (χ2n) is 21.4. The summed E-state index contributed by atoms with van der Waals surface area (Å²) >= 11 is 17.7. The van der Waals surface area contributed by atoms with Crippen LogP contribution < -0.4 is 0 Å². The van der Waals surface area contributed by atoms with Gasteiger partial charge in [0.25, 0.3) is 0 Å². The average Bonchev–Trinajstić information content (AvgIpc) is 3.22. The van der Waals surface area contributed by atoms with E-state index in [1.165, 1.54) is 116 Å². The van der Waals surface area contributed by atoms with E-state index in [4.69, 9.17) is 66.4 Å². The first-order valence-electron chi connectivity index (χ1n) is 27.2. The molecule has 7 unspecified atom stereocenters. The molecular formula is C54H109Cl3O7Si. The Kier molecular flexibility index (Phi) is 46.5. The predicted octanol–water partition coefficient (Wildman–Crippen LogP) is 16.4. The van der Waals surface area contributed by atoms with E-state index in [0.29, 0.717) is 90.6 Å². The Morgan fingerprint density at radius 2 is 0.569 bits per heavy atom. The van der Waals surface area contributed by atoms with Gasteiger partial charge in [0.2, 0.25) is 0 Å². The van der Waals surface area contributed by atoms with Crippen LogP contribution in [0.25, 0.3) is 0 Å². The van der Waals surface area contributed by atoms with Gasteiger partial charge in [-0.25, -0.2) is 0 Å². The lowest BCUT2D eigenvalue weighted by molar-refractivity contribution is -0.0723. The van der Waals surface area contributed by atoms with E-state index in [-0.39, 0.29) is 6.10 Å². The van der Waals surface area contributed by atoms with Crippen molar-refractivity contribution < 1.29 is 33.2 Å². The standard InChI is InChI=1S/C54H109Cl3O7Si/c1-46(2)18-11-20-48(5)22-13-24-50(7)26-15-28-52(9)30-33-62-44-54(45-63-42-41-61-40-39-60-38-37-59-36-35-58-32-17-43-65(55,56)57)64-34-31-53(10)29-16-27-51(8)25-14-23-49(6)21-12-19-47(3)4/h46-54H,11-45H2,1-10H3. The molecule has 65 heavy (non-hydrogen) atoms. The van der Waals surface area contributed by atoms with Gasteiger partial charge in [0.05, 0.1) is 66.1 Å². The zero-order valence-corrected chi connectivity index (χ0v) is 47.7. The van der Waals surface area contributed by atoms with Gasteiger partial charge in [0.15, 0.2) is 0 Å². The van der Waals surface area contributed by atoms with Crippen LogP contribution in [0.4, 0.5) is 0 Å². The van der Waals surface area contributed by atoms with Crippen LogP contribution in [0.1, 0.15) is 204 Å². The van der Waals surface area contributed by atoms with E-state index in [1.54, 1.807) is 0 Å². The second kappa shape index (κ2) is 45.9. The minimum Gasteiger partial charge on any atom is -0.379 e. The molecule has 0 saturated heterocycles. The van der Waals surface area contributed by atoms with Gasteiger partial charge in [-0.3, -0.25) is 0 Å². The largest absolute Gasteiger partial charge is 0.379 e. The molecule has 0 heterocycles. The van der Waals surface area contributed by atoms with E-state index >= 15 is 0 Å². The van der Waals surface area contributed by atoms with Crippen molar-refractivity contribution in [2.24, 2.45) is 47.3 Å². The Bertz CT molecular complexity index is 977. The highest BCUT2D eigenvalue weighted by Crippen LogP contribution is 2.27. The molecule has 392 valence electrons. The third-order valence-electron chi connectivity index (χ3n) is 13.1. The number of hydrogen-bond donors (Lipinski definition) is 0. The third-order valence-corrected chi connectivity index (χ3v) is 15.7. The maximum atomic E-state index is 6.42. The van der Waals surface area contributed by atoms with Crippen LogP contribution in [0.3, 0.4) is 0 Å². The van der Waals surface area contributed by atoms with Crippen molar-refractivity contribution in [1.29, 1.82) is 0 Å². The van der Waals surface area contributed by atoms with Crippen molar-refractivity contribution in [3.05, 3.63) is 0 Å². The van der Waals surface area contributed by atoms with Gasteiger partial charge in [-0.05, 0) is 72.6 Å². The first-order chi connectivity index (χ1) is 31.1. The smallest absolute Gasteiger partial charge is 0.341 e. The Balaban J connectivity index is 4.41. The van der Waals surface area contributed by atoms with Gasteiger partial charge in [-0.15, -0.1) is 33.2 Å². The quantitative estimate of drug-likeness (QED) is 0.0342. The molecule has 0 rings (SSSR count). The summed E-state index contributed by atoms with van der Waals surface area (Å²) in [4.78, 5) is 0. The highest BCUT2D eigenvalue weighted by molar-refractivity contribution is 7.64. The molecule has 0 bridgehead atoms. The van der Waals surface area contributed by atoms with Crippen LogP contribution in [0, 0.1) is 47.3 Å². The summed E-state index contributed by atoms with van der Waals surface area (Å²) in [6, 6.07) is -1.94. The number of rotatable bonds is 51. The summed E-state index contributed by atoms with van der Waals surface area (Å²) < 4.78 is 41.2. The van der Waals surface area contributed by atoms with Crippen molar-refractivity contribution in [2.45, 2.75) is 216 Å². The fourth-order valence-electron chi connectivity index (χ4n) is 8.42. The molecule has 0 N–H and O–H groups in total. The van der Waals surface area contributed by atoms with E-state index < -0.39 is 6.00 Å². The maximum Gasteiger partial charge on any atom is 0.341 e. The number of halogens is 3. The molecule has 0 aromatic carbocycles. The predicted molar refractivity (Wildman–Crippen MR) is 284 cm³/mol. The molecule has 0 aliphatic heterocycles. The molecule has 0 radical (unpaired) electrons. The van der Waals surface area contributed by atoms with Gasteiger partial charge in [0.1, 0.15) is 6.10 Å². The van der Waals surface area contributed by atoms with Crippen molar-refractivity contribution in [3.63, 3.8) is 0 Å². The minimum absolute atomic E-state index is 0.0687. The number of hydrogen-bond acceptors (Lipinski definition) is 7. The molecule has 0 aromatic heterocycles. The Morgan fingerprint density at radius 1 is 0.292 bits per heavy atom. The van der Waals surface area contributed by atoms with Crippen molar-refractivity contribution in [3.8, 4) is 0 Å². The zero-order valence-electron chi connectivity index (χ0n) is 44.4. The molecular weight excluding hydrogens is 895 g/mol. The molecule has 0 saturated carbocycles. The SMILES string of the molecule is CC(C)CCCC(C)CCCC(C)CCCC(C)CCOCC(COCCOCCOCCOCCOCCC[Si](Cl)(Cl)Cl)OCCC(C)CCCC(C)CCCC(C)CCCC(C)C. The zero-order chi connectivity index (χ0) is 48.4. The minimum atomic E-state index is -2.55. The Hall–Kier alpha value is 0.807. The first kappa shape index (κ1) is 65.8. The summed E-state index contributed by atoms with van der Waals surface area (Å²) in [5, 5.41) is 0. The third kappa shape index (κ3) is 51.0. The lowest BCUT2D eigenvalue weighted by atomic mass is 9.91. The maximum absolute atomic E-state index is 6.42. The molecule has 7 nitrogen and oxygen atoms in total. The topological polar surface area (TPSA) is 64.6 Å². The van der Waals surface area contributed by atoms with Gasteiger partial charge in [0, 0.05) is 19.8 Å². The molecule has 0 spiro atoms. The van der Waals surface area contributed by atoms with Crippen LogP contribution in [-0.2, 0) is 33.2 Å². The monoisotopic (exact) mass is 1000 g/mol. The lowest BCUT2D eigenvalue weighted by Crippen LogP contribution is -2.28. The van der Waals surface area contributed by atoms with E-state index in [0.717, 1.165) is 68.0 Å². The van der Waals surface area contributed by atoms with E-state index in [9.17, 15) is 0 Å². The van der Waals surface area contributed by atoms with Gasteiger partial charge in [-0.2, -0.15) is 0 Å². The molecule has 0 amide bonds. The molecule has 7 atom stereocenters. The average molecular weight is 1000 g/mol. The summed E-state index contributed by atoms with van der Waals surface area (Å²) in [6.45, 7) is 31.3. The Morgan fingerprint density at radius 3 is 0.908 bits per heavy atom. The second-order valence-corrected chi connectivity index (χ2v) is 30.7. The fraction of sp³-hybridized carbons (Fsp3) is 1.00. The van der Waals surface area contributed by atoms with Crippen LogP contribution in [0.2, 0.25) is 6.04 Å². The fourth-order valence-corrected chi connectivity index (χ4v) is 10.2. The molecule has 0 aliphatic carbocycles. The van der Waals surface area contributed by atoms with Crippen LogP contribution in [0.5, 0.6) is 0 Å². The lowest BCUT2D eigenvalue weighted by Gasteiger charge is -2.21. The van der Waals surface area contributed by atoms with E-state index in [1.807, 2.05) is 0 Å². The highest BCUT2D eigenvalue weighted by atomic mass is 35.8. The first-order valence-corrected chi connectivity index (χ1v) is 32.5. The van der Waals surface area contributed by atoms with E-state index in [2.05, 4.69) is 69.2 Å². The van der Waals surface area contributed by atoms with Crippen molar-refractivity contribution in [2.75, 3.05) is 85.9 Å². The summed E-state index contributed by atoms with van der Waals surface area (Å²) in [7, 11) is 0. The molecule has 0 aromatic rings. The highest BCUT2D eigenvalue weighted by Gasteiger charge is 2.23. The molecule has 11 heteroatoms. The Labute approximate surface area is 419 Å². The summed E-state index contributed by atoms with van der Waals surface area (Å²) in [6.07, 6.45) is 27.4. The van der Waals surface area contributed by atoms with Crippen LogP contribution in [0.15, 0.2) is 0 Å². The van der Waals surface area contributed by atoms with Crippen LogP contribution in [-0.4, -0.2) is 98.0 Å². The number of ether oxygens (including phenoxy) is 7.